The number of ketones is 1. The summed E-state index contributed by atoms with van der Waals surface area (Å²) in [6.07, 6.45) is 0.701. The molecule has 0 aromatic heterocycles. The van der Waals surface area contributed by atoms with E-state index >= 15 is 0 Å². The van der Waals surface area contributed by atoms with Crippen molar-refractivity contribution in [2.75, 3.05) is 6.54 Å². The predicted molar refractivity (Wildman–Crippen MR) is 79.3 cm³/mol. The first-order valence-electron chi connectivity index (χ1n) is 7.32. The maximum Gasteiger partial charge on any atom is 0.422 e. The molecule has 22 heavy (non-hydrogen) atoms. The molecule has 1 aliphatic heterocycles. The Labute approximate surface area is 129 Å². The zero-order valence-electron chi connectivity index (χ0n) is 12.5. The van der Waals surface area contributed by atoms with Crippen molar-refractivity contribution in [3.63, 3.8) is 0 Å². The highest BCUT2D eigenvalue weighted by molar-refractivity contribution is 5.91. The Kier molecular flexibility index (Phi) is 5.12. The molecular weight excluding hydrogens is 282 g/mol. The van der Waals surface area contributed by atoms with Crippen molar-refractivity contribution in [1.82, 2.24) is 10.4 Å². The molecule has 0 saturated carbocycles. The maximum atomic E-state index is 12.1. The van der Waals surface area contributed by atoms with Gasteiger partial charge in [-0.15, -0.1) is 0 Å². The molecule has 0 bridgehead atoms. The molecule has 6 heteroatoms. The Morgan fingerprint density at radius 2 is 2.14 bits per heavy atom. The smallest absolute Gasteiger partial charge is 0.422 e. The second-order valence-electron chi connectivity index (χ2n) is 5.18. The van der Waals surface area contributed by atoms with E-state index in [1.807, 2.05) is 30.3 Å². The van der Waals surface area contributed by atoms with Crippen molar-refractivity contribution in [3.8, 4) is 6.07 Å². The molecule has 0 aliphatic carbocycles. The lowest BCUT2D eigenvalue weighted by atomic mass is 9.92. The van der Waals surface area contributed by atoms with Gasteiger partial charge in [0.25, 0.3) is 0 Å². The highest BCUT2D eigenvalue weighted by atomic mass is 16.6. The molecule has 2 rings (SSSR count). The van der Waals surface area contributed by atoms with Gasteiger partial charge in [-0.3, -0.25) is 10.2 Å². The maximum absolute atomic E-state index is 12.1. The summed E-state index contributed by atoms with van der Waals surface area (Å²) < 4.78 is 5.13. The molecule has 1 N–H and O–H groups in total. The van der Waals surface area contributed by atoms with Gasteiger partial charge in [-0.1, -0.05) is 37.3 Å². The molecule has 0 spiro atoms. The van der Waals surface area contributed by atoms with Crippen molar-refractivity contribution in [2.45, 2.75) is 38.3 Å². The molecule has 116 valence electrons. The summed E-state index contributed by atoms with van der Waals surface area (Å²) in [5.41, 5.74) is 2.14. The number of benzene rings is 1. The second kappa shape index (κ2) is 7.05. The Morgan fingerprint density at radius 3 is 2.77 bits per heavy atom. The summed E-state index contributed by atoms with van der Waals surface area (Å²) in [7, 11) is 0. The van der Waals surface area contributed by atoms with Gasteiger partial charge in [-0.05, 0) is 18.4 Å². The van der Waals surface area contributed by atoms with Crippen molar-refractivity contribution in [1.29, 1.82) is 5.26 Å². The summed E-state index contributed by atoms with van der Waals surface area (Å²) in [6, 6.07) is 11.4. The van der Waals surface area contributed by atoms with E-state index in [9.17, 15) is 14.9 Å². The largest absolute Gasteiger partial charge is 0.444 e. The highest BCUT2D eigenvalue weighted by Crippen LogP contribution is 2.29. The number of nitrogens with zero attached hydrogens (tertiary/aromatic N) is 2. The lowest BCUT2D eigenvalue weighted by Crippen LogP contribution is -2.57. The highest BCUT2D eigenvalue weighted by Gasteiger charge is 2.47. The monoisotopic (exact) mass is 301 g/mol. The van der Waals surface area contributed by atoms with Crippen LogP contribution in [-0.4, -0.2) is 29.0 Å². The van der Waals surface area contributed by atoms with E-state index in [0.717, 1.165) is 5.56 Å². The van der Waals surface area contributed by atoms with Crippen LogP contribution in [0, 0.1) is 11.3 Å². The first-order valence-corrected chi connectivity index (χ1v) is 7.32. The van der Waals surface area contributed by atoms with Crippen LogP contribution in [0.3, 0.4) is 0 Å². The van der Waals surface area contributed by atoms with Gasteiger partial charge in [0.1, 0.15) is 6.61 Å². The summed E-state index contributed by atoms with van der Waals surface area (Å²) in [6.45, 7) is 2.31. The fourth-order valence-electron chi connectivity index (χ4n) is 2.60. The van der Waals surface area contributed by atoms with E-state index in [2.05, 4.69) is 11.5 Å². The molecule has 1 fully saturated rings. The number of ether oxygens (including phenoxy) is 1. The molecule has 1 atom stereocenters. The summed E-state index contributed by atoms with van der Waals surface area (Å²) in [5, 5.41) is 10.8. The average molecular weight is 301 g/mol. The number of rotatable bonds is 5. The van der Waals surface area contributed by atoms with Crippen LogP contribution >= 0.6 is 0 Å². The van der Waals surface area contributed by atoms with Crippen LogP contribution in [0.5, 0.6) is 0 Å². The molecular formula is C16H19N3O3. The molecule has 0 radical (unpaired) electrons. The van der Waals surface area contributed by atoms with Crippen LogP contribution in [0.25, 0.3) is 0 Å². The van der Waals surface area contributed by atoms with Gasteiger partial charge in [0, 0.05) is 13.0 Å². The number of Topliss-reactive ketones (excluding diaryl/α,β-unsaturated/α-hetero) is 1. The quantitative estimate of drug-likeness (QED) is 0.901. The van der Waals surface area contributed by atoms with Gasteiger partial charge in [-0.25, -0.2) is 4.79 Å². The van der Waals surface area contributed by atoms with E-state index in [-0.39, 0.29) is 18.8 Å². The fourth-order valence-corrected chi connectivity index (χ4v) is 2.60. The molecule has 1 amide bonds. The normalized spacial score (nSPS) is 21.1. The topological polar surface area (TPSA) is 82.4 Å². The molecule has 1 heterocycles. The van der Waals surface area contributed by atoms with E-state index in [1.54, 1.807) is 6.92 Å². The third-order valence-electron chi connectivity index (χ3n) is 3.79. The van der Waals surface area contributed by atoms with Crippen molar-refractivity contribution < 1.29 is 14.3 Å². The molecule has 1 aromatic rings. The first-order chi connectivity index (χ1) is 10.6. The van der Waals surface area contributed by atoms with E-state index in [0.29, 0.717) is 19.4 Å². The number of hydrogen-bond acceptors (Lipinski definition) is 5. The minimum Gasteiger partial charge on any atom is -0.444 e. The van der Waals surface area contributed by atoms with Crippen LogP contribution in [-0.2, 0) is 16.1 Å². The number of carbonyl (C=O) groups excluding carboxylic acids is 2. The van der Waals surface area contributed by atoms with Crippen LogP contribution < -0.4 is 5.43 Å². The Balaban J connectivity index is 1.96. The number of hydrazine groups is 1. The van der Waals surface area contributed by atoms with Crippen molar-refractivity contribution in [2.24, 2.45) is 0 Å². The SMILES string of the molecule is CCC(=O)C1(C#N)CCCN1NC(=O)OCc1ccccc1. The van der Waals surface area contributed by atoms with Crippen LogP contribution in [0.15, 0.2) is 30.3 Å². The molecule has 1 aromatic carbocycles. The summed E-state index contributed by atoms with van der Waals surface area (Å²) in [5.74, 6) is -0.184. The van der Waals surface area contributed by atoms with Crippen LogP contribution in [0.1, 0.15) is 31.7 Å². The summed E-state index contributed by atoms with van der Waals surface area (Å²) in [4.78, 5) is 24.0. The third-order valence-corrected chi connectivity index (χ3v) is 3.79. The first kappa shape index (κ1) is 16.0. The van der Waals surface area contributed by atoms with E-state index in [1.165, 1.54) is 5.01 Å². The number of amides is 1. The molecule has 1 aliphatic rings. The average Bonchev–Trinajstić information content (AvgIpc) is 2.97. The zero-order valence-corrected chi connectivity index (χ0v) is 12.5. The van der Waals surface area contributed by atoms with Crippen LogP contribution in [0.4, 0.5) is 4.79 Å². The minimum atomic E-state index is -1.26. The predicted octanol–water partition coefficient (Wildman–Crippen LogP) is 2.17. The van der Waals surface area contributed by atoms with Gasteiger partial charge in [0.15, 0.2) is 11.3 Å². The van der Waals surface area contributed by atoms with Crippen molar-refractivity contribution >= 4 is 11.9 Å². The van der Waals surface area contributed by atoms with Gasteiger partial charge in [-0.2, -0.15) is 10.3 Å². The number of nitriles is 1. The second-order valence-corrected chi connectivity index (χ2v) is 5.18. The molecule has 6 nitrogen and oxygen atoms in total. The lowest BCUT2D eigenvalue weighted by molar-refractivity contribution is -0.127. The van der Waals surface area contributed by atoms with Gasteiger partial charge >= 0.3 is 6.09 Å². The van der Waals surface area contributed by atoms with Crippen LogP contribution in [0.2, 0.25) is 0 Å². The minimum absolute atomic E-state index is 0.141. The standard InChI is InChI=1S/C16H19N3O3/c1-2-14(20)16(12-17)9-6-10-19(16)18-15(21)22-11-13-7-4-3-5-8-13/h3-5,7-8H,2,6,9-11H2,1H3,(H,18,21). The van der Waals surface area contributed by atoms with Crippen molar-refractivity contribution in [3.05, 3.63) is 35.9 Å². The van der Waals surface area contributed by atoms with E-state index < -0.39 is 11.6 Å². The molecule has 1 saturated heterocycles. The Hall–Kier alpha value is -2.39. The Morgan fingerprint density at radius 1 is 1.41 bits per heavy atom. The fraction of sp³-hybridized carbons (Fsp3) is 0.438. The number of carbonyl (C=O) groups is 2. The van der Waals surface area contributed by atoms with Gasteiger partial charge in [0.2, 0.25) is 0 Å². The summed E-state index contributed by atoms with van der Waals surface area (Å²) >= 11 is 0. The number of hydrogen-bond donors (Lipinski definition) is 1. The number of nitrogens with one attached hydrogen (secondary N) is 1. The Bertz CT molecular complexity index is 582. The lowest BCUT2D eigenvalue weighted by Gasteiger charge is -2.30. The molecule has 1 unspecified atom stereocenters. The zero-order chi connectivity index (χ0) is 16.0. The van der Waals surface area contributed by atoms with Gasteiger partial charge in [0.05, 0.1) is 6.07 Å². The van der Waals surface area contributed by atoms with E-state index in [4.69, 9.17) is 4.74 Å². The van der Waals surface area contributed by atoms with Gasteiger partial charge < -0.3 is 4.74 Å². The third kappa shape index (κ3) is 3.26.